The Bertz CT molecular complexity index is 569. The highest BCUT2D eigenvalue weighted by Crippen LogP contribution is 2.25. The summed E-state index contributed by atoms with van der Waals surface area (Å²) in [6, 6.07) is 6.24. The molecule has 0 aliphatic carbocycles. The Kier molecular flexibility index (Phi) is 5.06. The van der Waals surface area contributed by atoms with Crippen LogP contribution in [0.25, 0.3) is 0 Å². The first-order valence-electron chi connectivity index (χ1n) is 6.60. The van der Waals surface area contributed by atoms with Crippen molar-refractivity contribution >= 4 is 31.6 Å². The van der Waals surface area contributed by atoms with Crippen molar-refractivity contribution < 1.29 is 8.42 Å². The molecule has 0 aromatic heterocycles. The highest BCUT2D eigenvalue weighted by molar-refractivity contribution is 9.10. The summed E-state index contributed by atoms with van der Waals surface area (Å²) in [5, 5.41) is 0. The number of piperazine rings is 1. The molecule has 1 aromatic rings. The van der Waals surface area contributed by atoms with Gasteiger partial charge in [-0.25, -0.2) is 8.42 Å². The lowest BCUT2D eigenvalue weighted by Gasteiger charge is -2.35. The molecule has 20 heavy (non-hydrogen) atoms. The summed E-state index contributed by atoms with van der Waals surface area (Å²) in [4.78, 5) is 2.21. The monoisotopic (exact) mass is 361 g/mol. The van der Waals surface area contributed by atoms with E-state index in [9.17, 15) is 8.42 Å². The Labute approximate surface area is 128 Å². The molecule has 5 nitrogen and oxygen atoms in total. The Morgan fingerprint density at radius 2 is 1.90 bits per heavy atom. The zero-order chi connectivity index (χ0) is 14.8. The van der Waals surface area contributed by atoms with Crippen LogP contribution >= 0.6 is 15.9 Å². The van der Waals surface area contributed by atoms with E-state index in [1.165, 1.54) is 16.1 Å². The van der Waals surface area contributed by atoms with E-state index < -0.39 is 10.0 Å². The smallest absolute Gasteiger partial charge is 0.211 e. The molecular formula is C13H20BrN3O2S. The van der Waals surface area contributed by atoms with Gasteiger partial charge in [0.2, 0.25) is 10.0 Å². The van der Waals surface area contributed by atoms with Crippen LogP contribution in [0, 0.1) is 0 Å². The maximum Gasteiger partial charge on any atom is 0.211 e. The van der Waals surface area contributed by atoms with Gasteiger partial charge in [-0.1, -0.05) is 22.0 Å². The number of anilines is 1. The first-order chi connectivity index (χ1) is 9.41. The van der Waals surface area contributed by atoms with E-state index in [0.717, 1.165) is 29.7 Å². The third kappa shape index (κ3) is 3.72. The van der Waals surface area contributed by atoms with Gasteiger partial charge in [0.1, 0.15) is 0 Å². The predicted octanol–water partition coefficient (Wildman–Crippen LogP) is 1.03. The van der Waals surface area contributed by atoms with Crippen LogP contribution in [0.5, 0.6) is 0 Å². The number of nitrogens with zero attached hydrogens (tertiary/aromatic N) is 2. The third-order valence-electron chi connectivity index (χ3n) is 3.52. The SMILES string of the molecule is CS(=O)(=O)N1CCN(c2ccc(CCN)c(Br)c2)CC1. The van der Waals surface area contributed by atoms with Crippen LogP contribution in [0.2, 0.25) is 0 Å². The maximum atomic E-state index is 11.5. The molecule has 1 fully saturated rings. The van der Waals surface area contributed by atoms with Gasteiger partial charge < -0.3 is 10.6 Å². The van der Waals surface area contributed by atoms with Crippen molar-refractivity contribution in [3.05, 3.63) is 28.2 Å². The van der Waals surface area contributed by atoms with Crippen LogP contribution in [0.4, 0.5) is 5.69 Å². The van der Waals surface area contributed by atoms with Gasteiger partial charge in [-0.05, 0) is 30.7 Å². The molecular weight excluding hydrogens is 342 g/mol. The number of sulfonamides is 1. The summed E-state index contributed by atoms with van der Waals surface area (Å²) in [5.41, 5.74) is 7.89. The van der Waals surface area contributed by atoms with Crippen LogP contribution in [0.15, 0.2) is 22.7 Å². The van der Waals surface area contributed by atoms with Gasteiger partial charge in [0.25, 0.3) is 0 Å². The average Bonchev–Trinajstić information content (AvgIpc) is 2.40. The standard InChI is InChI=1S/C13H20BrN3O2S/c1-20(18,19)17-8-6-16(7-9-17)12-3-2-11(4-5-15)13(14)10-12/h2-3,10H,4-9,15H2,1H3. The molecule has 112 valence electrons. The highest BCUT2D eigenvalue weighted by Gasteiger charge is 2.23. The number of hydrogen-bond acceptors (Lipinski definition) is 4. The summed E-state index contributed by atoms with van der Waals surface area (Å²) >= 11 is 3.57. The fourth-order valence-electron chi connectivity index (χ4n) is 2.37. The molecule has 1 aliphatic heterocycles. The lowest BCUT2D eigenvalue weighted by molar-refractivity contribution is 0.388. The van der Waals surface area contributed by atoms with Crippen molar-refractivity contribution in [1.82, 2.24) is 4.31 Å². The fraction of sp³-hybridized carbons (Fsp3) is 0.538. The number of nitrogens with two attached hydrogens (primary N) is 1. The molecule has 0 radical (unpaired) electrons. The molecule has 2 N–H and O–H groups in total. The Morgan fingerprint density at radius 1 is 1.25 bits per heavy atom. The van der Waals surface area contributed by atoms with Gasteiger partial charge in [-0.15, -0.1) is 0 Å². The van der Waals surface area contributed by atoms with E-state index in [1.807, 2.05) is 0 Å². The van der Waals surface area contributed by atoms with Crippen molar-refractivity contribution in [3.8, 4) is 0 Å². The quantitative estimate of drug-likeness (QED) is 0.869. The van der Waals surface area contributed by atoms with Gasteiger partial charge in [0.05, 0.1) is 6.26 Å². The minimum absolute atomic E-state index is 0.543. The molecule has 7 heteroatoms. The number of halogens is 1. The van der Waals surface area contributed by atoms with Gasteiger partial charge in [0, 0.05) is 36.3 Å². The minimum Gasteiger partial charge on any atom is -0.369 e. The van der Waals surface area contributed by atoms with Crippen molar-refractivity contribution in [3.63, 3.8) is 0 Å². The summed E-state index contributed by atoms with van der Waals surface area (Å²) in [5.74, 6) is 0. The molecule has 0 bridgehead atoms. The Hall–Kier alpha value is -0.630. The summed E-state index contributed by atoms with van der Waals surface area (Å²) in [6.45, 7) is 3.15. The molecule has 1 aromatic carbocycles. The van der Waals surface area contributed by atoms with Crippen molar-refractivity contribution in [2.45, 2.75) is 6.42 Å². The van der Waals surface area contributed by atoms with Crippen molar-refractivity contribution in [2.24, 2.45) is 5.73 Å². The van der Waals surface area contributed by atoms with Crippen LogP contribution in [0.1, 0.15) is 5.56 Å². The molecule has 1 heterocycles. The summed E-state index contributed by atoms with van der Waals surface area (Å²) < 4.78 is 25.6. The molecule has 0 amide bonds. The zero-order valence-corrected chi connectivity index (χ0v) is 14.0. The molecule has 0 unspecified atom stereocenters. The number of rotatable bonds is 4. The average molecular weight is 362 g/mol. The lowest BCUT2D eigenvalue weighted by atomic mass is 10.1. The van der Waals surface area contributed by atoms with E-state index in [0.29, 0.717) is 19.6 Å². The van der Waals surface area contributed by atoms with Crippen LogP contribution in [0.3, 0.4) is 0 Å². The van der Waals surface area contributed by atoms with Crippen LogP contribution in [-0.2, 0) is 16.4 Å². The molecule has 0 saturated carbocycles. The van der Waals surface area contributed by atoms with E-state index in [-0.39, 0.29) is 0 Å². The molecule has 2 rings (SSSR count). The normalized spacial score (nSPS) is 17.4. The van der Waals surface area contributed by atoms with Gasteiger partial charge in [-0.2, -0.15) is 4.31 Å². The highest BCUT2D eigenvalue weighted by atomic mass is 79.9. The van der Waals surface area contributed by atoms with E-state index in [4.69, 9.17) is 5.73 Å². The molecule has 0 spiro atoms. The van der Waals surface area contributed by atoms with E-state index in [2.05, 4.69) is 39.0 Å². The topological polar surface area (TPSA) is 66.6 Å². The van der Waals surface area contributed by atoms with Gasteiger partial charge in [-0.3, -0.25) is 0 Å². The number of hydrogen-bond donors (Lipinski definition) is 1. The second-order valence-corrected chi connectivity index (χ2v) is 7.80. The summed E-state index contributed by atoms with van der Waals surface area (Å²) in [6.07, 6.45) is 2.11. The first-order valence-corrected chi connectivity index (χ1v) is 9.24. The zero-order valence-electron chi connectivity index (χ0n) is 11.5. The third-order valence-corrected chi connectivity index (χ3v) is 5.56. The minimum atomic E-state index is -3.07. The van der Waals surface area contributed by atoms with Crippen molar-refractivity contribution in [2.75, 3.05) is 43.9 Å². The van der Waals surface area contributed by atoms with Crippen LogP contribution < -0.4 is 10.6 Å². The largest absolute Gasteiger partial charge is 0.369 e. The first kappa shape index (κ1) is 15.8. The number of benzene rings is 1. The van der Waals surface area contributed by atoms with Crippen LogP contribution in [-0.4, -0.2) is 51.7 Å². The molecule has 1 aliphatic rings. The molecule has 1 saturated heterocycles. The predicted molar refractivity (Wildman–Crippen MR) is 85.5 cm³/mol. The second-order valence-electron chi connectivity index (χ2n) is 4.96. The van der Waals surface area contributed by atoms with Gasteiger partial charge >= 0.3 is 0 Å². The second kappa shape index (κ2) is 6.43. The molecule has 0 atom stereocenters. The van der Waals surface area contributed by atoms with E-state index in [1.54, 1.807) is 0 Å². The van der Waals surface area contributed by atoms with E-state index >= 15 is 0 Å². The fourth-order valence-corrected chi connectivity index (χ4v) is 3.76. The Morgan fingerprint density at radius 3 is 2.40 bits per heavy atom. The van der Waals surface area contributed by atoms with Gasteiger partial charge in [0.15, 0.2) is 0 Å². The maximum absolute atomic E-state index is 11.5. The lowest BCUT2D eigenvalue weighted by Crippen LogP contribution is -2.48. The summed E-state index contributed by atoms with van der Waals surface area (Å²) in [7, 11) is -3.07. The van der Waals surface area contributed by atoms with Crippen molar-refractivity contribution in [1.29, 1.82) is 0 Å². The Balaban J connectivity index is 2.06.